The lowest BCUT2D eigenvalue weighted by atomic mass is 9.49. The second-order valence-electron chi connectivity index (χ2n) is 12.1. The summed E-state index contributed by atoms with van der Waals surface area (Å²) in [5.41, 5.74) is 4.60. The Morgan fingerprint density at radius 1 is 0.956 bits per heavy atom. The molecule has 3 fully saturated rings. The number of aryl methyl sites for hydroxylation is 1. The maximum absolute atomic E-state index is 15.1. The fourth-order valence-electron chi connectivity index (χ4n) is 8.05. The third-order valence-electron chi connectivity index (χ3n) is 9.97. The topological polar surface area (TPSA) is 136 Å². The molecule has 2 heterocycles. The van der Waals surface area contributed by atoms with Gasteiger partial charge in [-0.05, 0) is 55.5 Å². The highest BCUT2D eigenvalue weighted by Crippen LogP contribution is 2.65. The van der Waals surface area contributed by atoms with E-state index >= 15 is 4.79 Å². The summed E-state index contributed by atoms with van der Waals surface area (Å²) >= 11 is 3.52. The Hall–Kier alpha value is -4.48. The zero-order valence-corrected chi connectivity index (χ0v) is 26.0. The minimum absolute atomic E-state index is 0.0772. The predicted octanol–water partition coefficient (Wildman–Crippen LogP) is 4.85. The molecule has 230 valence electrons. The van der Waals surface area contributed by atoms with Crippen LogP contribution in [0.3, 0.4) is 0 Å². The van der Waals surface area contributed by atoms with Gasteiger partial charge in [-0.1, -0.05) is 75.6 Å². The number of phenolic OH excluding ortho intramolecular Hbond substituents is 1. The lowest BCUT2D eigenvalue weighted by Crippen LogP contribution is -2.53. The molecule has 0 spiro atoms. The molecule has 45 heavy (non-hydrogen) atoms. The van der Waals surface area contributed by atoms with Crippen LogP contribution >= 0.6 is 15.9 Å². The average molecular weight is 673 g/mol. The highest BCUT2D eigenvalue weighted by atomic mass is 79.9. The van der Waals surface area contributed by atoms with E-state index in [1.165, 1.54) is 7.11 Å². The molecule has 0 radical (unpaired) electrons. The maximum atomic E-state index is 15.1. The molecule has 11 heteroatoms. The van der Waals surface area contributed by atoms with E-state index in [1.807, 2.05) is 31.2 Å². The molecule has 3 aromatic rings. The zero-order chi connectivity index (χ0) is 31.8. The number of nitrogens with one attached hydrogen (secondary N) is 1. The number of hydrazine groups is 1. The van der Waals surface area contributed by atoms with Crippen LogP contribution in [0.1, 0.15) is 35.4 Å². The number of hydrogen-bond donors (Lipinski definition) is 3. The Morgan fingerprint density at radius 2 is 1.67 bits per heavy atom. The normalized spacial score (nSPS) is 28.9. The fraction of sp³-hybridized carbons (Fsp3) is 0.294. The number of fused-ring (bicyclic) bond motifs is 4. The third-order valence-corrected chi connectivity index (χ3v) is 10.4. The number of halogens is 1. The molecule has 0 bridgehead atoms. The first-order chi connectivity index (χ1) is 21.6. The molecule has 1 saturated carbocycles. The molecule has 4 amide bonds. The van der Waals surface area contributed by atoms with Gasteiger partial charge in [0.1, 0.15) is 0 Å². The van der Waals surface area contributed by atoms with E-state index in [0.29, 0.717) is 26.9 Å². The Labute approximate surface area is 267 Å². The summed E-state index contributed by atoms with van der Waals surface area (Å²) < 4.78 is 6.08. The fourth-order valence-corrected chi connectivity index (χ4v) is 8.50. The number of hydroxylamine groups is 2. The second-order valence-corrected chi connectivity index (χ2v) is 13.0. The van der Waals surface area contributed by atoms with Gasteiger partial charge in [-0.25, -0.2) is 0 Å². The Bertz CT molecular complexity index is 1790. The summed E-state index contributed by atoms with van der Waals surface area (Å²) in [6.45, 7) is 1.93. The molecule has 3 aromatic carbocycles. The first kappa shape index (κ1) is 29.2. The number of nitrogens with zero attached hydrogens (tertiary/aromatic N) is 2. The van der Waals surface area contributed by atoms with Crippen molar-refractivity contribution in [2.75, 3.05) is 12.5 Å². The molecule has 7 rings (SSSR count). The van der Waals surface area contributed by atoms with Crippen LogP contribution in [0.2, 0.25) is 0 Å². The van der Waals surface area contributed by atoms with Crippen LogP contribution in [-0.2, 0) is 24.6 Å². The van der Waals surface area contributed by atoms with Gasteiger partial charge in [0.25, 0.3) is 23.6 Å². The van der Waals surface area contributed by atoms with Crippen molar-refractivity contribution in [2.45, 2.75) is 31.1 Å². The van der Waals surface area contributed by atoms with Crippen molar-refractivity contribution in [3.63, 3.8) is 0 Å². The molecule has 0 aromatic heterocycles. The number of methoxy groups -OCH3 is 1. The van der Waals surface area contributed by atoms with Crippen LogP contribution < -0.4 is 10.2 Å². The molecule has 2 saturated heterocycles. The SMILES string of the molecule is COc1cc(Br)cc([C@H]2C3=CC[C@@H]4C(=O)N(O)C(=O)[C@@H]4[C@@H]3C[C@H]3C(=O)N(Nc4ccc(C)cc4)C(=O)[C@@]23c2ccccc2)c1O. The van der Waals surface area contributed by atoms with Crippen LogP contribution in [-0.4, -0.2) is 51.1 Å². The van der Waals surface area contributed by atoms with Crippen molar-refractivity contribution in [1.29, 1.82) is 0 Å². The van der Waals surface area contributed by atoms with Crippen molar-refractivity contribution < 1.29 is 34.2 Å². The van der Waals surface area contributed by atoms with E-state index in [4.69, 9.17) is 4.74 Å². The zero-order valence-electron chi connectivity index (χ0n) is 24.4. The number of benzene rings is 3. The lowest BCUT2D eigenvalue weighted by molar-refractivity contribution is -0.173. The van der Waals surface area contributed by atoms with E-state index in [1.54, 1.807) is 48.5 Å². The van der Waals surface area contributed by atoms with E-state index in [-0.39, 0.29) is 29.4 Å². The minimum Gasteiger partial charge on any atom is -0.504 e. The van der Waals surface area contributed by atoms with Gasteiger partial charge in [-0.3, -0.25) is 29.8 Å². The van der Waals surface area contributed by atoms with Gasteiger partial charge in [-0.2, -0.15) is 10.1 Å². The summed E-state index contributed by atoms with van der Waals surface area (Å²) in [7, 11) is 1.42. The minimum atomic E-state index is -1.54. The number of allylic oxidation sites excluding steroid dienone is 2. The van der Waals surface area contributed by atoms with Gasteiger partial charge in [0, 0.05) is 16.0 Å². The van der Waals surface area contributed by atoms with Crippen molar-refractivity contribution in [3.05, 3.63) is 99.5 Å². The monoisotopic (exact) mass is 671 g/mol. The summed E-state index contributed by atoms with van der Waals surface area (Å²) in [4.78, 5) is 55.9. The largest absolute Gasteiger partial charge is 0.504 e. The Morgan fingerprint density at radius 3 is 2.36 bits per heavy atom. The van der Waals surface area contributed by atoms with Crippen molar-refractivity contribution in [1.82, 2.24) is 10.1 Å². The number of carbonyl (C=O) groups is 4. The highest BCUT2D eigenvalue weighted by Gasteiger charge is 2.70. The molecule has 3 N–H and O–H groups in total. The van der Waals surface area contributed by atoms with Crippen LogP contribution in [0.25, 0.3) is 0 Å². The highest BCUT2D eigenvalue weighted by molar-refractivity contribution is 9.10. The number of imide groups is 2. The van der Waals surface area contributed by atoms with Crippen molar-refractivity contribution in [3.8, 4) is 11.5 Å². The van der Waals surface area contributed by atoms with E-state index < -0.39 is 58.6 Å². The summed E-state index contributed by atoms with van der Waals surface area (Å²) in [6.07, 6.45) is 2.08. The van der Waals surface area contributed by atoms with E-state index in [0.717, 1.165) is 10.6 Å². The van der Waals surface area contributed by atoms with Gasteiger partial charge in [-0.15, -0.1) is 0 Å². The Kier molecular flexibility index (Phi) is 6.86. The quantitative estimate of drug-likeness (QED) is 0.199. The summed E-state index contributed by atoms with van der Waals surface area (Å²) in [6, 6.07) is 19.6. The molecule has 4 aliphatic rings. The number of amides is 4. The predicted molar refractivity (Wildman–Crippen MR) is 165 cm³/mol. The summed E-state index contributed by atoms with van der Waals surface area (Å²) in [5, 5.41) is 23.3. The molecule has 2 aliphatic carbocycles. The molecule has 6 atom stereocenters. The first-order valence-electron chi connectivity index (χ1n) is 14.7. The second kappa shape index (κ2) is 10.6. The Balaban J connectivity index is 1.50. The van der Waals surface area contributed by atoms with E-state index in [9.17, 15) is 24.7 Å². The van der Waals surface area contributed by atoms with E-state index in [2.05, 4.69) is 21.4 Å². The summed E-state index contributed by atoms with van der Waals surface area (Å²) in [5.74, 6) is -6.75. The number of rotatable bonds is 5. The van der Waals surface area contributed by atoms with Crippen LogP contribution in [0.5, 0.6) is 11.5 Å². The number of ether oxygens (including phenoxy) is 1. The van der Waals surface area contributed by atoms with Gasteiger partial charge >= 0.3 is 0 Å². The van der Waals surface area contributed by atoms with Crippen LogP contribution in [0, 0.1) is 30.6 Å². The van der Waals surface area contributed by atoms with Gasteiger partial charge in [0.05, 0.1) is 36.0 Å². The molecular weight excluding hydrogens is 642 g/mol. The van der Waals surface area contributed by atoms with Crippen LogP contribution in [0.15, 0.2) is 82.9 Å². The smallest absolute Gasteiger partial charge is 0.260 e. The number of anilines is 1. The lowest BCUT2D eigenvalue weighted by Gasteiger charge is -2.50. The average Bonchev–Trinajstić information content (AvgIpc) is 3.40. The number of phenols is 1. The number of carbonyl (C=O) groups excluding carboxylic acids is 4. The van der Waals surface area contributed by atoms with Crippen molar-refractivity contribution in [2.24, 2.45) is 23.7 Å². The van der Waals surface area contributed by atoms with Gasteiger partial charge < -0.3 is 9.84 Å². The van der Waals surface area contributed by atoms with Crippen LogP contribution in [0.4, 0.5) is 5.69 Å². The molecule has 0 unspecified atom stereocenters. The third kappa shape index (κ3) is 4.10. The standard InChI is InChI=1S/C34H30BrN3O7/c1-17-8-10-20(11-9-17)36-37-31(41)25-16-23-21(12-13-22-27(23)32(42)38(44)30(22)40)28(24-14-19(35)15-26(45-2)29(24)39)34(25,33(37)43)18-6-4-3-5-7-18/h3-12,14-15,22-23,25,27-28,36,39,44H,13,16H2,1-2H3/t22-,23+,25-,27-,28+,34+/m0/s1. The number of hydrogen-bond acceptors (Lipinski definition) is 8. The number of aromatic hydroxyl groups is 1. The molecular formula is C34H30BrN3O7. The maximum Gasteiger partial charge on any atom is 0.260 e. The van der Waals surface area contributed by atoms with Gasteiger partial charge in [0.2, 0.25) is 0 Å². The van der Waals surface area contributed by atoms with Crippen molar-refractivity contribution >= 4 is 45.2 Å². The first-order valence-corrected chi connectivity index (χ1v) is 15.5. The molecule has 2 aliphatic heterocycles. The van der Waals surface area contributed by atoms with Gasteiger partial charge in [0.15, 0.2) is 11.5 Å². The molecule has 10 nitrogen and oxygen atoms in total.